The van der Waals surface area contributed by atoms with E-state index in [9.17, 15) is 0 Å². The maximum absolute atomic E-state index is 4.54. The van der Waals surface area contributed by atoms with Crippen LogP contribution in [0, 0.1) is 5.92 Å². The van der Waals surface area contributed by atoms with Crippen molar-refractivity contribution in [3.63, 3.8) is 0 Å². The first kappa shape index (κ1) is 11.6. The minimum Gasteiger partial charge on any atom is -0.355 e. The Labute approximate surface area is 105 Å². The number of rotatable bonds is 3. The summed E-state index contributed by atoms with van der Waals surface area (Å²) < 4.78 is 0.975. The molecule has 0 aromatic carbocycles. The molecule has 88 valence electrons. The molecule has 1 aliphatic heterocycles. The second-order valence-corrected chi connectivity index (χ2v) is 5.09. The van der Waals surface area contributed by atoms with Crippen LogP contribution in [0.15, 0.2) is 10.7 Å². The quantitative estimate of drug-likeness (QED) is 0.926. The molecule has 16 heavy (non-hydrogen) atoms. The van der Waals surface area contributed by atoms with Crippen LogP contribution < -0.4 is 10.2 Å². The third-order valence-corrected chi connectivity index (χ3v) is 3.34. The van der Waals surface area contributed by atoms with E-state index in [0.29, 0.717) is 5.95 Å². The summed E-state index contributed by atoms with van der Waals surface area (Å²) in [4.78, 5) is 11.1. The van der Waals surface area contributed by atoms with Gasteiger partial charge in [-0.2, -0.15) is 4.98 Å². The Bertz CT molecular complexity index is 369. The fourth-order valence-corrected chi connectivity index (χ4v) is 2.39. The second kappa shape index (κ2) is 4.99. The van der Waals surface area contributed by atoms with E-state index in [1.54, 1.807) is 0 Å². The highest BCUT2D eigenvalue weighted by Gasteiger charge is 2.22. The Morgan fingerprint density at radius 3 is 3.06 bits per heavy atom. The third kappa shape index (κ3) is 2.45. The number of halogens is 1. The summed E-state index contributed by atoms with van der Waals surface area (Å²) >= 11 is 3.52. The van der Waals surface area contributed by atoms with Gasteiger partial charge in [0.1, 0.15) is 5.82 Å². The summed E-state index contributed by atoms with van der Waals surface area (Å²) in [6, 6.07) is 0. The first-order valence-electron chi connectivity index (χ1n) is 5.72. The van der Waals surface area contributed by atoms with Gasteiger partial charge in [-0.1, -0.05) is 6.92 Å². The average Bonchev–Trinajstić information content (AvgIpc) is 2.68. The molecule has 0 aliphatic carbocycles. The normalized spacial score (nSPS) is 20.2. The molecule has 1 saturated heterocycles. The molecule has 0 radical (unpaired) electrons. The van der Waals surface area contributed by atoms with E-state index in [1.807, 2.05) is 13.1 Å². The minimum absolute atomic E-state index is 0.709. The van der Waals surface area contributed by atoms with E-state index in [2.05, 4.69) is 43.0 Å². The van der Waals surface area contributed by atoms with E-state index in [4.69, 9.17) is 0 Å². The van der Waals surface area contributed by atoms with Gasteiger partial charge in [0.15, 0.2) is 0 Å². The second-order valence-electron chi connectivity index (χ2n) is 4.24. The van der Waals surface area contributed by atoms with Crippen molar-refractivity contribution in [3.05, 3.63) is 10.7 Å². The molecule has 2 rings (SSSR count). The number of nitrogens with one attached hydrogen (secondary N) is 1. The van der Waals surface area contributed by atoms with Crippen LogP contribution in [-0.2, 0) is 0 Å². The molecule has 1 fully saturated rings. The van der Waals surface area contributed by atoms with E-state index in [0.717, 1.165) is 35.8 Å². The summed E-state index contributed by atoms with van der Waals surface area (Å²) in [6.45, 7) is 7.34. The van der Waals surface area contributed by atoms with Crippen LogP contribution in [-0.4, -0.2) is 29.6 Å². The molecule has 0 amide bonds. The standard InChI is InChI=1S/C11H17BrN4/c1-3-13-11-14-6-9(12)10(15-11)16-5-4-8(2)7-16/h6,8H,3-5,7H2,1-2H3,(H,13,14,15). The molecule has 4 nitrogen and oxygen atoms in total. The van der Waals surface area contributed by atoms with Gasteiger partial charge in [-0.25, -0.2) is 4.98 Å². The van der Waals surface area contributed by atoms with Crippen LogP contribution in [0.1, 0.15) is 20.3 Å². The maximum atomic E-state index is 4.54. The number of nitrogens with zero attached hydrogens (tertiary/aromatic N) is 3. The van der Waals surface area contributed by atoms with Crippen molar-refractivity contribution in [2.75, 3.05) is 29.9 Å². The topological polar surface area (TPSA) is 41.1 Å². The summed E-state index contributed by atoms with van der Waals surface area (Å²) in [5.41, 5.74) is 0. The Morgan fingerprint density at radius 1 is 1.62 bits per heavy atom. The van der Waals surface area contributed by atoms with Crippen LogP contribution in [0.2, 0.25) is 0 Å². The van der Waals surface area contributed by atoms with Crippen LogP contribution in [0.4, 0.5) is 11.8 Å². The predicted molar refractivity (Wildman–Crippen MR) is 69.9 cm³/mol. The first-order valence-corrected chi connectivity index (χ1v) is 6.51. The van der Waals surface area contributed by atoms with Crippen molar-refractivity contribution in [2.24, 2.45) is 5.92 Å². The highest BCUT2D eigenvalue weighted by atomic mass is 79.9. The Hall–Kier alpha value is -0.840. The molecule has 1 unspecified atom stereocenters. The van der Waals surface area contributed by atoms with Crippen LogP contribution in [0.3, 0.4) is 0 Å². The third-order valence-electron chi connectivity index (χ3n) is 2.78. The zero-order valence-corrected chi connectivity index (χ0v) is 11.3. The Morgan fingerprint density at radius 2 is 2.44 bits per heavy atom. The molecule has 2 heterocycles. The largest absolute Gasteiger partial charge is 0.355 e. The zero-order valence-electron chi connectivity index (χ0n) is 9.70. The lowest BCUT2D eigenvalue weighted by Gasteiger charge is -2.18. The first-order chi connectivity index (χ1) is 7.70. The van der Waals surface area contributed by atoms with E-state index < -0.39 is 0 Å². The van der Waals surface area contributed by atoms with E-state index >= 15 is 0 Å². The molecule has 1 atom stereocenters. The monoisotopic (exact) mass is 284 g/mol. The van der Waals surface area contributed by atoms with Gasteiger partial charge in [-0.3, -0.25) is 0 Å². The summed E-state index contributed by atoms with van der Waals surface area (Å²) in [5.74, 6) is 2.47. The molecular weight excluding hydrogens is 268 g/mol. The van der Waals surface area contributed by atoms with Crippen LogP contribution in [0.5, 0.6) is 0 Å². The zero-order chi connectivity index (χ0) is 11.5. The van der Waals surface area contributed by atoms with Gasteiger partial charge in [0.2, 0.25) is 5.95 Å². The van der Waals surface area contributed by atoms with Gasteiger partial charge in [-0.05, 0) is 35.2 Å². The van der Waals surface area contributed by atoms with Crippen LogP contribution in [0.25, 0.3) is 0 Å². The van der Waals surface area contributed by atoms with Crippen molar-refractivity contribution in [3.8, 4) is 0 Å². The van der Waals surface area contributed by atoms with Crippen molar-refractivity contribution >= 4 is 27.7 Å². The molecule has 0 saturated carbocycles. The van der Waals surface area contributed by atoms with Gasteiger partial charge >= 0.3 is 0 Å². The summed E-state index contributed by atoms with van der Waals surface area (Å²) in [6.07, 6.45) is 3.07. The van der Waals surface area contributed by atoms with Gasteiger partial charge in [-0.15, -0.1) is 0 Å². The molecule has 1 N–H and O–H groups in total. The van der Waals surface area contributed by atoms with Gasteiger partial charge in [0.05, 0.1) is 4.47 Å². The van der Waals surface area contributed by atoms with Crippen molar-refractivity contribution < 1.29 is 0 Å². The number of hydrogen-bond donors (Lipinski definition) is 1. The van der Waals surface area contributed by atoms with E-state index in [1.165, 1.54) is 6.42 Å². The summed E-state index contributed by atoms with van der Waals surface area (Å²) in [7, 11) is 0. The molecule has 1 aliphatic rings. The smallest absolute Gasteiger partial charge is 0.224 e. The van der Waals surface area contributed by atoms with Crippen molar-refractivity contribution in [1.29, 1.82) is 0 Å². The van der Waals surface area contributed by atoms with Crippen molar-refractivity contribution in [1.82, 2.24) is 9.97 Å². The predicted octanol–water partition coefficient (Wildman–Crippen LogP) is 2.52. The number of aromatic nitrogens is 2. The van der Waals surface area contributed by atoms with Crippen molar-refractivity contribution in [2.45, 2.75) is 20.3 Å². The highest BCUT2D eigenvalue weighted by molar-refractivity contribution is 9.10. The molecule has 1 aromatic rings. The number of anilines is 2. The minimum atomic E-state index is 0.709. The highest BCUT2D eigenvalue weighted by Crippen LogP contribution is 2.28. The molecule has 0 bridgehead atoms. The lowest BCUT2D eigenvalue weighted by Crippen LogP contribution is -2.21. The molecule has 5 heteroatoms. The maximum Gasteiger partial charge on any atom is 0.224 e. The van der Waals surface area contributed by atoms with Gasteiger partial charge < -0.3 is 10.2 Å². The molecular formula is C11H17BrN4. The summed E-state index contributed by atoms with van der Waals surface area (Å²) in [5, 5.41) is 3.14. The fraction of sp³-hybridized carbons (Fsp3) is 0.636. The Kier molecular flexibility index (Phi) is 3.63. The lowest BCUT2D eigenvalue weighted by molar-refractivity contribution is 0.658. The fourth-order valence-electron chi connectivity index (χ4n) is 1.95. The number of hydrogen-bond acceptors (Lipinski definition) is 4. The van der Waals surface area contributed by atoms with Crippen LogP contribution >= 0.6 is 15.9 Å². The SMILES string of the molecule is CCNc1ncc(Br)c(N2CCC(C)C2)n1. The van der Waals surface area contributed by atoms with E-state index in [-0.39, 0.29) is 0 Å². The molecule has 1 aromatic heterocycles. The average molecular weight is 285 g/mol. The molecule has 0 spiro atoms. The van der Waals surface area contributed by atoms with Gasteiger partial charge in [0.25, 0.3) is 0 Å². The lowest BCUT2D eigenvalue weighted by atomic mass is 10.2. The Balaban J connectivity index is 2.21. The van der Waals surface area contributed by atoms with Gasteiger partial charge in [0, 0.05) is 25.8 Å².